The van der Waals surface area contributed by atoms with Crippen LogP contribution in [-0.4, -0.2) is 30.9 Å². The van der Waals surface area contributed by atoms with Crippen LogP contribution in [0.5, 0.6) is 5.75 Å². The Kier molecular flexibility index (Phi) is 5.27. The number of aliphatic hydroxyl groups is 1. The lowest BCUT2D eigenvalue weighted by Gasteiger charge is -2.30. The summed E-state index contributed by atoms with van der Waals surface area (Å²) in [6.45, 7) is 0. The summed E-state index contributed by atoms with van der Waals surface area (Å²) in [7, 11) is 5.10. The Balaban J connectivity index is 1.80. The van der Waals surface area contributed by atoms with Gasteiger partial charge in [0, 0.05) is 20.2 Å². The molecular formula is C27H23N5O3. The van der Waals surface area contributed by atoms with E-state index < -0.39 is 5.60 Å². The molecule has 174 valence electrons. The van der Waals surface area contributed by atoms with Crippen molar-refractivity contribution in [2.45, 2.75) is 5.60 Å². The molecule has 0 radical (unpaired) electrons. The zero-order valence-electron chi connectivity index (χ0n) is 19.5. The van der Waals surface area contributed by atoms with Gasteiger partial charge in [-0.2, -0.15) is 5.26 Å². The van der Waals surface area contributed by atoms with Gasteiger partial charge in [-0.3, -0.25) is 9.13 Å². The van der Waals surface area contributed by atoms with Gasteiger partial charge in [-0.25, -0.2) is 9.78 Å². The molecule has 0 fully saturated rings. The Labute approximate surface area is 201 Å². The van der Waals surface area contributed by atoms with Crippen molar-refractivity contribution in [2.75, 3.05) is 7.11 Å². The molecule has 1 N–H and O–H groups in total. The molecule has 0 amide bonds. The van der Waals surface area contributed by atoms with Crippen LogP contribution < -0.4 is 10.4 Å². The highest BCUT2D eigenvalue weighted by molar-refractivity contribution is 5.80. The number of rotatable bonds is 5. The molecule has 0 aliphatic rings. The average Bonchev–Trinajstić information content (AvgIpc) is 3.44. The summed E-state index contributed by atoms with van der Waals surface area (Å²) in [5, 5.41) is 21.5. The molecule has 1 atom stereocenters. The topological polar surface area (TPSA) is 98.0 Å². The van der Waals surface area contributed by atoms with E-state index in [0.717, 1.165) is 0 Å². The van der Waals surface area contributed by atoms with Crippen molar-refractivity contribution in [3.05, 3.63) is 112 Å². The first-order chi connectivity index (χ1) is 16.9. The van der Waals surface area contributed by atoms with Crippen molar-refractivity contribution in [1.82, 2.24) is 18.7 Å². The zero-order chi connectivity index (χ0) is 24.7. The van der Waals surface area contributed by atoms with Crippen molar-refractivity contribution in [3.63, 3.8) is 0 Å². The van der Waals surface area contributed by atoms with E-state index in [2.05, 4.69) is 11.1 Å². The molecular weight excluding hydrogens is 442 g/mol. The minimum absolute atomic E-state index is 0.215. The second-order valence-corrected chi connectivity index (χ2v) is 8.37. The third-order valence-electron chi connectivity index (χ3n) is 6.40. The average molecular weight is 466 g/mol. The number of nitrogens with zero attached hydrogens (tertiary/aromatic N) is 5. The van der Waals surface area contributed by atoms with Gasteiger partial charge < -0.3 is 14.4 Å². The third kappa shape index (κ3) is 3.41. The van der Waals surface area contributed by atoms with E-state index in [1.807, 2.05) is 43.4 Å². The predicted octanol–water partition coefficient (Wildman–Crippen LogP) is 3.23. The Morgan fingerprint density at radius 3 is 2.40 bits per heavy atom. The number of benzene rings is 3. The van der Waals surface area contributed by atoms with Gasteiger partial charge in [-0.1, -0.05) is 24.3 Å². The van der Waals surface area contributed by atoms with Crippen molar-refractivity contribution >= 4 is 11.0 Å². The molecule has 5 aromatic rings. The van der Waals surface area contributed by atoms with Crippen LogP contribution in [0.1, 0.15) is 22.4 Å². The van der Waals surface area contributed by atoms with E-state index in [9.17, 15) is 15.2 Å². The van der Waals surface area contributed by atoms with Crippen molar-refractivity contribution in [2.24, 2.45) is 14.1 Å². The van der Waals surface area contributed by atoms with Crippen LogP contribution in [0.2, 0.25) is 0 Å². The molecule has 0 aliphatic carbocycles. The standard InChI is InChI=1S/C27H23N5O3/c1-30-17-29-16-25(30)27(34,19-9-7-18(15-28)8-10-19)20-11-12-23-24(13-20)32(26(33)31(23)2)21-5-4-6-22(14-21)35-3/h4-14,16-17,34H,1-3H3. The molecule has 35 heavy (non-hydrogen) atoms. The molecule has 2 aromatic heterocycles. The van der Waals surface area contributed by atoms with Gasteiger partial charge in [0.1, 0.15) is 5.75 Å². The van der Waals surface area contributed by atoms with Gasteiger partial charge in [0.25, 0.3) is 0 Å². The van der Waals surface area contributed by atoms with Crippen LogP contribution in [-0.2, 0) is 19.7 Å². The van der Waals surface area contributed by atoms with E-state index in [1.54, 1.807) is 70.7 Å². The Morgan fingerprint density at radius 2 is 1.74 bits per heavy atom. The first-order valence-corrected chi connectivity index (χ1v) is 10.9. The van der Waals surface area contributed by atoms with Gasteiger partial charge in [-0.05, 0) is 47.5 Å². The summed E-state index contributed by atoms with van der Waals surface area (Å²) in [6, 6.07) is 21.6. The summed E-state index contributed by atoms with van der Waals surface area (Å²) in [4.78, 5) is 17.5. The van der Waals surface area contributed by atoms with Crippen molar-refractivity contribution < 1.29 is 9.84 Å². The number of aromatic nitrogens is 4. The zero-order valence-corrected chi connectivity index (χ0v) is 19.5. The van der Waals surface area contributed by atoms with Crippen LogP contribution in [0.4, 0.5) is 0 Å². The molecule has 2 heterocycles. The number of imidazole rings is 2. The monoisotopic (exact) mass is 465 g/mol. The van der Waals surface area contributed by atoms with Gasteiger partial charge in [-0.15, -0.1) is 0 Å². The Bertz CT molecular complexity index is 1650. The van der Waals surface area contributed by atoms with Gasteiger partial charge in [0.2, 0.25) is 0 Å². The lowest BCUT2D eigenvalue weighted by atomic mass is 9.83. The van der Waals surface area contributed by atoms with Crippen LogP contribution in [0.15, 0.2) is 84.0 Å². The number of fused-ring (bicyclic) bond motifs is 1. The fraction of sp³-hybridized carbons (Fsp3) is 0.148. The quantitative estimate of drug-likeness (QED) is 0.430. The summed E-state index contributed by atoms with van der Waals surface area (Å²) >= 11 is 0. The molecule has 0 saturated carbocycles. The van der Waals surface area contributed by atoms with Crippen LogP contribution in [0.3, 0.4) is 0 Å². The van der Waals surface area contributed by atoms with Gasteiger partial charge in [0.05, 0.1) is 53.7 Å². The number of nitriles is 1. The molecule has 8 nitrogen and oxygen atoms in total. The molecule has 8 heteroatoms. The Morgan fingerprint density at radius 1 is 1.00 bits per heavy atom. The number of ether oxygens (including phenoxy) is 1. The first-order valence-electron chi connectivity index (χ1n) is 10.9. The van der Waals surface area contributed by atoms with Gasteiger partial charge >= 0.3 is 5.69 Å². The lowest BCUT2D eigenvalue weighted by Crippen LogP contribution is -2.31. The van der Waals surface area contributed by atoms with Crippen LogP contribution in [0, 0.1) is 11.3 Å². The molecule has 0 bridgehead atoms. The minimum atomic E-state index is -1.58. The molecule has 5 rings (SSSR count). The van der Waals surface area contributed by atoms with Crippen molar-refractivity contribution in [3.8, 4) is 17.5 Å². The SMILES string of the molecule is COc1cccc(-n2c(=O)n(C)c3ccc(C(O)(c4ccc(C#N)cc4)c4cncn4C)cc32)c1. The highest BCUT2D eigenvalue weighted by Gasteiger charge is 2.37. The molecule has 3 aromatic carbocycles. The van der Waals surface area contributed by atoms with Crippen LogP contribution >= 0.6 is 0 Å². The highest BCUT2D eigenvalue weighted by Crippen LogP contribution is 2.38. The summed E-state index contributed by atoms with van der Waals surface area (Å²) < 4.78 is 10.3. The lowest BCUT2D eigenvalue weighted by molar-refractivity contribution is 0.117. The van der Waals surface area contributed by atoms with E-state index in [-0.39, 0.29) is 5.69 Å². The highest BCUT2D eigenvalue weighted by atomic mass is 16.5. The largest absolute Gasteiger partial charge is 0.497 e. The van der Waals surface area contributed by atoms with Crippen LogP contribution in [0.25, 0.3) is 16.7 Å². The maximum absolute atomic E-state index is 13.3. The normalized spacial score (nSPS) is 12.9. The number of hydrogen-bond donors (Lipinski definition) is 1. The number of aryl methyl sites for hydroxylation is 2. The third-order valence-corrected chi connectivity index (χ3v) is 6.40. The van der Waals surface area contributed by atoms with E-state index in [1.165, 1.54) is 0 Å². The van der Waals surface area contributed by atoms with E-state index in [4.69, 9.17) is 4.74 Å². The second-order valence-electron chi connectivity index (χ2n) is 8.37. The molecule has 1 unspecified atom stereocenters. The number of methoxy groups -OCH3 is 1. The van der Waals surface area contributed by atoms with Crippen molar-refractivity contribution in [1.29, 1.82) is 5.26 Å². The first kappa shape index (κ1) is 22.2. The summed E-state index contributed by atoms with van der Waals surface area (Å²) in [5.74, 6) is 0.631. The van der Waals surface area contributed by atoms with E-state index in [0.29, 0.717) is 44.9 Å². The maximum Gasteiger partial charge on any atom is 0.333 e. The molecule has 0 saturated heterocycles. The van der Waals surface area contributed by atoms with Gasteiger partial charge in [0.15, 0.2) is 5.60 Å². The summed E-state index contributed by atoms with van der Waals surface area (Å²) in [5.41, 5.74) is 2.38. The second kappa shape index (κ2) is 8.31. The predicted molar refractivity (Wildman–Crippen MR) is 132 cm³/mol. The molecule has 0 spiro atoms. The Hall–Kier alpha value is -4.61. The smallest absolute Gasteiger partial charge is 0.333 e. The fourth-order valence-corrected chi connectivity index (χ4v) is 4.52. The minimum Gasteiger partial charge on any atom is -0.497 e. The fourth-order valence-electron chi connectivity index (χ4n) is 4.52. The number of hydrogen-bond acceptors (Lipinski definition) is 5. The maximum atomic E-state index is 13.3. The van der Waals surface area contributed by atoms with E-state index >= 15 is 0 Å². The summed E-state index contributed by atoms with van der Waals surface area (Å²) in [6.07, 6.45) is 3.24. The molecule has 0 aliphatic heterocycles.